The standard InChI is InChI=1S/C18H31N3/c1-3-21(4-2)18(15-9-6-5-7-10-15)14-20-17-12-8-11-16(17)13-19/h5-7,9-10,16-18,20H,3-4,8,11-14,19H2,1-2H3. The lowest BCUT2D eigenvalue weighted by Crippen LogP contribution is -2.42. The maximum Gasteiger partial charge on any atom is 0.0472 e. The van der Waals surface area contributed by atoms with Gasteiger partial charge >= 0.3 is 0 Å². The molecule has 3 N–H and O–H groups in total. The zero-order valence-electron chi connectivity index (χ0n) is 13.6. The second-order valence-electron chi connectivity index (χ2n) is 6.09. The van der Waals surface area contributed by atoms with Crippen LogP contribution in [0.15, 0.2) is 30.3 Å². The van der Waals surface area contributed by atoms with Gasteiger partial charge in [0.05, 0.1) is 0 Å². The van der Waals surface area contributed by atoms with Gasteiger partial charge in [-0.25, -0.2) is 0 Å². The molecule has 1 fully saturated rings. The maximum atomic E-state index is 5.90. The largest absolute Gasteiger partial charge is 0.330 e. The highest BCUT2D eigenvalue weighted by atomic mass is 15.2. The molecule has 0 aromatic heterocycles. The number of benzene rings is 1. The zero-order valence-corrected chi connectivity index (χ0v) is 13.6. The summed E-state index contributed by atoms with van der Waals surface area (Å²) in [6.45, 7) is 8.51. The SMILES string of the molecule is CCN(CC)C(CNC1CCCC1CN)c1ccccc1. The quantitative estimate of drug-likeness (QED) is 0.773. The van der Waals surface area contributed by atoms with Crippen LogP contribution in [0.3, 0.4) is 0 Å². The Morgan fingerprint density at radius 2 is 1.90 bits per heavy atom. The first-order chi connectivity index (χ1) is 10.3. The van der Waals surface area contributed by atoms with Gasteiger partial charge in [-0.15, -0.1) is 0 Å². The van der Waals surface area contributed by atoms with E-state index in [0.29, 0.717) is 18.0 Å². The fraction of sp³-hybridized carbons (Fsp3) is 0.667. The number of nitrogens with two attached hydrogens (primary N) is 1. The fourth-order valence-corrected chi connectivity index (χ4v) is 3.65. The summed E-state index contributed by atoms with van der Waals surface area (Å²) < 4.78 is 0. The van der Waals surface area contributed by atoms with E-state index in [9.17, 15) is 0 Å². The monoisotopic (exact) mass is 289 g/mol. The van der Waals surface area contributed by atoms with Crippen molar-refractivity contribution in [1.29, 1.82) is 0 Å². The molecular formula is C18H31N3. The van der Waals surface area contributed by atoms with E-state index in [2.05, 4.69) is 54.4 Å². The fourth-order valence-electron chi connectivity index (χ4n) is 3.65. The van der Waals surface area contributed by atoms with Crippen LogP contribution in [0.1, 0.15) is 44.7 Å². The first-order valence-electron chi connectivity index (χ1n) is 8.52. The molecule has 0 saturated heterocycles. The molecule has 3 heteroatoms. The first-order valence-corrected chi connectivity index (χ1v) is 8.52. The molecule has 21 heavy (non-hydrogen) atoms. The molecule has 118 valence electrons. The molecule has 1 aliphatic carbocycles. The van der Waals surface area contributed by atoms with Gasteiger partial charge in [0.1, 0.15) is 0 Å². The van der Waals surface area contributed by atoms with Crippen molar-refractivity contribution in [3.63, 3.8) is 0 Å². The van der Waals surface area contributed by atoms with Crippen LogP contribution < -0.4 is 11.1 Å². The summed E-state index contributed by atoms with van der Waals surface area (Å²) in [4.78, 5) is 2.54. The van der Waals surface area contributed by atoms with Crippen LogP contribution in [-0.2, 0) is 0 Å². The van der Waals surface area contributed by atoms with Gasteiger partial charge in [-0.2, -0.15) is 0 Å². The number of hydrogen-bond donors (Lipinski definition) is 2. The highest BCUT2D eigenvalue weighted by Crippen LogP contribution is 2.26. The lowest BCUT2D eigenvalue weighted by Gasteiger charge is -2.32. The Balaban J connectivity index is 2.02. The van der Waals surface area contributed by atoms with E-state index in [0.717, 1.165) is 26.2 Å². The van der Waals surface area contributed by atoms with Crippen LogP contribution in [-0.4, -0.2) is 37.1 Å². The predicted octanol–water partition coefficient (Wildman–Crippen LogP) is 2.79. The normalized spacial score (nSPS) is 23.6. The van der Waals surface area contributed by atoms with Crippen molar-refractivity contribution < 1.29 is 0 Å². The molecule has 0 spiro atoms. The number of hydrogen-bond acceptors (Lipinski definition) is 3. The molecule has 0 heterocycles. The van der Waals surface area contributed by atoms with E-state index in [4.69, 9.17) is 5.73 Å². The summed E-state index contributed by atoms with van der Waals surface area (Å²) in [6.07, 6.45) is 3.89. The Bertz CT molecular complexity index is 389. The summed E-state index contributed by atoms with van der Waals surface area (Å²) in [5.74, 6) is 0.665. The zero-order chi connectivity index (χ0) is 15.1. The molecule has 3 nitrogen and oxygen atoms in total. The Morgan fingerprint density at radius 1 is 1.19 bits per heavy atom. The maximum absolute atomic E-state index is 5.90. The Morgan fingerprint density at radius 3 is 2.52 bits per heavy atom. The number of nitrogens with one attached hydrogen (secondary N) is 1. The van der Waals surface area contributed by atoms with Gasteiger partial charge in [0.25, 0.3) is 0 Å². The van der Waals surface area contributed by atoms with Gasteiger partial charge in [-0.3, -0.25) is 4.90 Å². The summed E-state index contributed by atoms with van der Waals surface area (Å²) in [5.41, 5.74) is 7.32. The van der Waals surface area contributed by atoms with E-state index >= 15 is 0 Å². The van der Waals surface area contributed by atoms with Gasteiger partial charge in [0, 0.05) is 18.6 Å². The van der Waals surface area contributed by atoms with Gasteiger partial charge in [-0.05, 0) is 44.0 Å². The molecule has 1 saturated carbocycles. The molecule has 0 bridgehead atoms. The summed E-state index contributed by atoms with van der Waals surface area (Å²) >= 11 is 0. The summed E-state index contributed by atoms with van der Waals surface area (Å²) in [7, 11) is 0. The third-order valence-corrected chi connectivity index (χ3v) is 4.97. The van der Waals surface area contributed by atoms with E-state index in [1.165, 1.54) is 24.8 Å². The lowest BCUT2D eigenvalue weighted by atomic mass is 10.0. The molecule has 1 aliphatic rings. The third-order valence-electron chi connectivity index (χ3n) is 4.97. The first kappa shape index (κ1) is 16.5. The highest BCUT2D eigenvalue weighted by molar-refractivity contribution is 5.19. The minimum absolute atomic E-state index is 0.459. The molecule has 1 aromatic carbocycles. The number of nitrogens with zero attached hydrogens (tertiary/aromatic N) is 1. The van der Waals surface area contributed by atoms with Crippen LogP contribution in [0.4, 0.5) is 0 Å². The van der Waals surface area contributed by atoms with Crippen molar-refractivity contribution in [2.24, 2.45) is 11.7 Å². The van der Waals surface area contributed by atoms with Crippen molar-refractivity contribution in [3.8, 4) is 0 Å². The van der Waals surface area contributed by atoms with Gasteiger partial charge in [0.15, 0.2) is 0 Å². The second-order valence-corrected chi connectivity index (χ2v) is 6.09. The number of rotatable bonds is 8. The van der Waals surface area contributed by atoms with Crippen LogP contribution in [0.2, 0.25) is 0 Å². The van der Waals surface area contributed by atoms with E-state index in [1.807, 2.05) is 0 Å². The van der Waals surface area contributed by atoms with Crippen molar-refractivity contribution in [3.05, 3.63) is 35.9 Å². The molecule has 3 unspecified atom stereocenters. The highest BCUT2D eigenvalue weighted by Gasteiger charge is 2.27. The van der Waals surface area contributed by atoms with Crippen LogP contribution in [0.25, 0.3) is 0 Å². The van der Waals surface area contributed by atoms with E-state index in [-0.39, 0.29) is 0 Å². The summed E-state index contributed by atoms with van der Waals surface area (Å²) in [5, 5.41) is 3.81. The van der Waals surface area contributed by atoms with E-state index < -0.39 is 0 Å². The lowest BCUT2D eigenvalue weighted by molar-refractivity contribution is 0.204. The minimum atomic E-state index is 0.459. The molecule has 3 atom stereocenters. The van der Waals surface area contributed by atoms with Crippen molar-refractivity contribution in [2.45, 2.75) is 45.2 Å². The van der Waals surface area contributed by atoms with Gasteiger partial charge in [0.2, 0.25) is 0 Å². The Labute approximate surface area is 129 Å². The average Bonchev–Trinajstić information content (AvgIpc) is 2.99. The van der Waals surface area contributed by atoms with Crippen molar-refractivity contribution >= 4 is 0 Å². The second kappa shape index (κ2) is 8.52. The topological polar surface area (TPSA) is 41.3 Å². The Hall–Kier alpha value is -0.900. The van der Waals surface area contributed by atoms with Crippen molar-refractivity contribution in [1.82, 2.24) is 10.2 Å². The van der Waals surface area contributed by atoms with Crippen molar-refractivity contribution in [2.75, 3.05) is 26.2 Å². The van der Waals surface area contributed by atoms with Crippen LogP contribution in [0, 0.1) is 5.92 Å². The molecule has 1 aromatic rings. The molecule has 0 amide bonds. The molecule has 0 aliphatic heterocycles. The predicted molar refractivity (Wildman–Crippen MR) is 90.3 cm³/mol. The van der Waals surface area contributed by atoms with Crippen LogP contribution in [0.5, 0.6) is 0 Å². The van der Waals surface area contributed by atoms with Crippen LogP contribution >= 0.6 is 0 Å². The Kier molecular flexibility index (Phi) is 6.68. The number of likely N-dealkylation sites (N-methyl/N-ethyl adjacent to an activating group) is 1. The smallest absolute Gasteiger partial charge is 0.0472 e. The van der Waals surface area contributed by atoms with Gasteiger partial charge < -0.3 is 11.1 Å². The van der Waals surface area contributed by atoms with E-state index in [1.54, 1.807) is 0 Å². The molecule has 0 radical (unpaired) electrons. The summed E-state index contributed by atoms with van der Waals surface area (Å²) in [6, 6.07) is 11.9. The molecule has 2 rings (SSSR count). The van der Waals surface area contributed by atoms with Gasteiger partial charge in [-0.1, -0.05) is 50.6 Å². The third kappa shape index (κ3) is 4.29. The molecular weight excluding hydrogens is 258 g/mol. The minimum Gasteiger partial charge on any atom is -0.330 e. The average molecular weight is 289 g/mol.